The molecule has 0 aliphatic carbocycles. The molecule has 0 aliphatic heterocycles. The average molecular weight is 392 g/mol. The van der Waals surface area contributed by atoms with Crippen molar-refractivity contribution in [1.82, 2.24) is 4.90 Å². The number of hydrogen-bond donors (Lipinski definition) is 0. The summed E-state index contributed by atoms with van der Waals surface area (Å²) in [5.41, 5.74) is 2.35. The third kappa shape index (κ3) is 6.17. The van der Waals surface area contributed by atoms with Gasteiger partial charge in [-0.1, -0.05) is 52.3 Å². The zero-order chi connectivity index (χ0) is 17.2. The van der Waals surface area contributed by atoms with Crippen LogP contribution in [0.5, 0.6) is 11.5 Å². The second-order valence-corrected chi connectivity index (χ2v) is 6.55. The number of para-hydroxylation sites is 2. The van der Waals surface area contributed by atoms with Gasteiger partial charge in [0, 0.05) is 25.0 Å². The smallest absolute Gasteiger partial charge is 0.122 e. The number of halogens is 1. The topological polar surface area (TPSA) is 21.7 Å². The van der Waals surface area contributed by atoms with Gasteiger partial charge in [-0.3, -0.25) is 4.90 Å². The summed E-state index contributed by atoms with van der Waals surface area (Å²) in [5.74, 6) is 1.93. The van der Waals surface area contributed by atoms with Crippen LogP contribution in [0.15, 0.2) is 48.5 Å². The molecule has 130 valence electrons. The summed E-state index contributed by atoms with van der Waals surface area (Å²) in [6.45, 7) is 8.26. The number of benzene rings is 2. The number of ether oxygens (including phenoxy) is 2. The zero-order valence-electron chi connectivity index (χ0n) is 14.5. The maximum Gasteiger partial charge on any atom is 0.122 e. The Kier molecular flexibility index (Phi) is 8.13. The monoisotopic (exact) mass is 391 g/mol. The molecule has 2 aromatic carbocycles. The first-order valence-corrected chi connectivity index (χ1v) is 9.48. The second-order valence-electron chi connectivity index (χ2n) is 5.76. The van der Waals surface area contributed by atoms with Crippen molar-refractivity contribution >= 4 is 15.9 Å². The van der Waals surface area contributed by atoms with E-state index in [1.54, 1.807) is 0 Å². The van der Waals surface area contributed by atoms with E-state index >= 15 is 0 Å². The fourth-order valence-corrected chi connectivity index (χ4v) is 2.96. The third-order valence-electron chi connectivity index (χ3n) is 3.92. The standard InChI is InChI=1S/C20H26BrNO2/c1-17-7-3-5-9-19(17)23-15-13-22(12-11-21)14-16-24-20-10-6-4-8-18(20)2/h3-10H,11-16H2,1-2H3. The molecular formula is C20H26BrNO2. The van der Waals surface area contributed by atoms with E-state index in [9.17, 15) is 0 Å². The van der Waals surface area contributed by atoms with Gasteiger partial charge in [-0.2, -0.15) is 0 Å². The van der Waals surface area contributed by atoms with Crippen molar-refractivity contribution in [2.24, 2.45) is 0 Å². The van der Waals surface area contributed by atoms with Gasteiger partial charge in [-0.25, -0.2) is 0 Å². The van der Waals surface area contributed by atoms with E-state index in [4.69, 9.17) is 9.47 Å². The molecule has 2 rings (SSSR count). The molecule has 0 saturated carbocycles. The molecule has 0 unspecified atom stereocenters. The molecular weight excluding hydrogens is 366 g/mol. The molecule has 0 spiro atoms. The molecule has 0 radical (unpaired) electrons. The summed E-state index contributed by atoms with van der Waals surface area (Å²) in [6, 6.07) is 16.3. The lowest BCUT2D eigenvalue weighted by molar-refractivity contribution is 0.183. The van der Waals surface area contributed by atoms with Crippen LogP contribution in [0.1, 0.15) is 11.1 Å². The van der Waals surface area contributed by atoms with E-state index in [-0.39, 0.29) is 0 Å². The van der Waals surface area contributed by atoms with Crippen molar-refractivity contribution in [3.63, 3.8) is 0 Å². The second kappa shape index (κ2) is 10.4. The Morgan fingerprint density at radius 2 is 1.21 bits per heavy atom. The van der Waals surface area contributed by atoms with Crippen LogP contribution < -0.4 is 9.47 Å². The number of hydrogen-bond acceptors (Lipinski definition) is 3. The summed E-state index contributed by atoms with van der Waals surface area (Å²) in [6.07, 6.45) is 0. The van der Waals surface area contributed by atoms with Gasteiger partial charge in [0.1, 0.15) is 24.7 Å². The minimum absolute atomic E-state index is 0.683. The third-order valence-corrected chi connectivity index (χ3v) is 4.27. The molecule has 0 fully saturated rings. The molecule has 0 saturated heterocycles. The van der Waals surface area contributed by atoms with E-state index in [1.165, 1.54) is 11.1 Å². The fourth-order valence-electron chi connectivity index (χ4n) is 2.46. The average Bonchev–Trinajstić information content (AvgIpc) is 2.58. The predicted octanol–water partition coefficient (Wildman–Crippen LogP) is 4.46. The van der Waals surface area contributed by atoms with E-state index in [0.29, 0.717) is 13.2 Å². The Morgan fingerprint density at radius 1 is 0.750 bits per heavy atom. The van der Waals surface area contributed by atoms with E-state index in [1.807, 2.05) is 36.4 Å². The minimum Gasteiger partial charge on any atom is -0.492 e. The highest BCUT2D eigenvalue weighted by atomic mass is 79.9. The maximum absolute atomic E-state index is 5.90. The lowest BCUT2D eigenvalue weighted by Gasteiger charge is -2.22. The summed E-state index contributed by atoms with van der Waals surface area (Å²) >= 11 is 3.52. The number of alkyl halides is 1. The lowest BCUT2D eigenvalue weighted by atomic mass is 10.2. The van der Waals surface area contributed by atoms with Crippen molar-refractivity contribution in [2.45, 2.75) is 13.8 Å². The summed E-state index contributed by atoms with van der Waals surface area (Å²) in [7, 11) is 0. The number of aryl methyl sites for hydroxylation is 2. The Morgan fingerprint density at radius 3 is 1.62 bits per heavy atom. The maximum atomic E-state index is 5.90. The molecule has 0 bridgehead atoms. The molecule has 0 heterocycles. The van der Waals surface area contributed by atoms with Crippen LogP contribution in [0.25, 0.3) is 0 Å². The molecule has 3 nitrogen and oxygen atoms in total. The first-order chi connectivity index (χ1) is 11.7. The molecule has 24 heavy (non-hydrogen) atoms. The van der Waals surface area contributed by atoms with Crippen molar-refractivity contribution < 1.29 is 9.47 Å². The summed E-state index contributed by atoms with van der Waals surface area (Å²) in [4.78, 5) is 2.35. The normalized spacial score (nSPS) is 10.8. The Labute approximate surface area is 153 Å². The van der Waals surface area contributed by atoms with Gasteiger partial charge in [0.15, 0.2) is 0 Å². The molecule has 0 N–H and O–H groups in total. The highest BCUT2D eigenvalue weighted by molar-refractivity contribution is 9.09. The first-order valence-electron chi connectivity index (χ1n) is 8.36. The van der Waals surface area contributed by atoms with Crippen molar-refractivity contribution in [1.29, 1.82) is 0 Å². The van der Waals surface area contributed by atoms with Crippen LogP contribution >= 0.6 is 15.9 Å². The van der Waals surface area contributed by atoms with Gasteiger partial charge in [0.2, 0.25) is 0 Å². The fraction of sp³-hybridized carbons (Fsp3) is 0.400. The lowest BCUT2D eigenvalue weighted by Crippen LogP contribution is -2.34. The van der Waals surface area contributed by atoms with Crippen molar-refractivity contribution in [3.8, 4) is 11.5 Å². The van der Waals surface area contributed by atoms with Crippen LogP contribution in [0.4, 0.5) is 0 Å². The predicted molar refractivity (Wildman–Crippen MR) is 104 cm³/mol. The molecule has 0 aliphatic rings. The number of nitrogens with zero attached hydrogens (tertiary/aromatic N) is 1. The quantitative estimate of drug-likeness (QED) is 0.558. The molecule has 0 atom stereocenters. The van der Waals surface area contributed by atoms with Crippen molar-refractivity contribution in [3.05, 3.63) is 59.7 Å². The first kappa shape index (κ1) is 18.8. The highest BCUT2D eigenvalue weighted by Gasteiger charge is 2.06. The summed E-state index contributed by atoms with van der Waals surface area (Å²) < 4.78 is 11.8. The highest BCUT2D eigenvalue weighted by Crippen LogP contribution is 2.17. The Hall–Kier alpha value is -1.52. The number of rotatable bonds is 10. The van der Waals surface area contributed by atoms with Gasteiger partial charge in [0.25, 0.3) is 0 Å². The largest absolute Gasteiger partial charge is 0.492 e. The van der Waals surface area contributed by atoms with E-state index < -0.39 is 0 Å². The van der Waals surface area contributed by atoms with Gasteiger partial charge in [0.05, 0.1) is 0 Å². The van der Waals surface area contributed by atoms with Gasteiger partial charge in [-0.15, -0.1) is 0 Å². The molecule has 2 aromatic rings. The minimum atomic E-state index is 0.683. The van der Waals surface area contributed by atoms with Crippen molar-refractivity contribution in [2.75, 3.05) is 38.2 Å². The van der Waals surface area contributed by atoms with Crippen LogP contribution in [-0.2, 0) is 0 Å². The molecule has 0 aromatic heterocycles. The van der Waals surface area contributed by atoms with Crippen LogP contribution in [0.2, 0.25) is 0 Å². The van der Waals surface area contributed by atoms with E-state index in [0.717, 1.165) is 36.5 Å². The zero-order valence-corrected chi connectivity index (χ0v) is 16.1. The molecule has 4 heteroatoms. The Balaban J connectivity index is 1.75. The van der Waals surface area contributed by atoms with Crippen LogP contribution in [0, 0.1) is 13.8 Å². The van der Waals surface area contributed by atoms with E-state index in [2.05, 4.69) is 46.8 Å². The molecule has 0 amide bonds. The Bertz CT molecular complexity index is 567. The van der Waals surface area contributed by atoms with Gasteiger partial charge >= 0.3 is 0 Å². The van der Waals surface area contributed by atoms with Gasteiger partial charge < -0.3 is 9.47 Å². The summed E-state index contributed by atoms with van der Waals surface area (Å²) in [5, 5.41) is 0.946. The SMILES string of the molecule is Cc1ccccc1OCCN(CCBr)CCOc1ccccc1C. The van der Waals surface area contributed by atoms with Crippen LogP contribution in [0.3, 0.4) is 0 Å². The van der Waals surface area contributed by atoms with Crippen LogP contribution in [-0.4, -0.2) is 43.1 Å². The van der Waals surface area contributed by atoms with Gasteiger partial charge in [-0.05, 0) is 37.1 Å².